The molecule has 90 valence electrons. The first-order chi connectivity index (χ1) is 7.80. The molecule has 4 nitrogen and oxygen atoms in total. The highest BCUT2D eigenvalue weighted by atomic mass is 16.5. The Morgan fingerprint density at radius 2 is 2.00 bits per heavy atom. The van der Waals surface area contributed by atoms with E-state index in [9.17, 15) is 0 Å². The average molecular weight is 226 g/mol. The van der Waals surface area contributed by atoms with Crippen molar-refractivity contribution in [3.8, 4) is 11.5 Å². The lowest BCUT2D eigenvalue weighted by Gasteiger charge is -2.14. The van der Waals surface area contributed by atoms with Crippen LogP contribution in [0.3, 0.4) is 0 Å². The second-order valence-corrected chi connectivity index (χ2v) is 3.55. The molecule has 4 heteroatoms. The number of benzene rings is 1. The van der Waals surface area contributed by atoms with E-state index in [0.29, 0.717) is 18.8 Å². The zero-order valence-corrected chi connectivity index (χ0v) is 9.43. The molecular formula is C12H18O4. The predicted octanol–water partition coefficient (Wildman–Crippen LogP) is 1.06. The van der Waals surface area contributed by atoms with Gasteiger partial charge in [-0.2, -0.15) is 0 Å². The molecule has 0 radical (unpaired) electrons. The van der Waals surface area contributed by atoms with Gasteiger partial charge < -0.3 is 19.7 Å². The minimum Gasteiger partial charge on any atom is -0.497 e. The normalized spacial score (nSPS) is 12.2. The average Bonchev–Trinajstić information content (AvgIpc) is 2.34. The van der Waals surface area contributed by atoms with Gasteiger partial charge in [0, 0.05) is 25.2 Å². The van der Waals surface area contributed by atoms with Crippen LogP contribution in [0.5, 0.6) is 11.5 Å². The summed E-state index contributed by atoms with van der Waals surface area (Å²) in [7, 11) is 1.60. The maximum absolute atomic E-state index is 9.02. The summed E-state index contributed by atoms with van der Waals surface area (Å²) in [5, 5.41) is 17.8. The fourth-order valence-corrected chi connectivity index (χ4v) is 1.31. The number of hydrogen-bond acceptors (Lipinski definition) is 4. The monoisotopic (exact) mass is 226 g/mol. The summed E-state index contributed by atoms with van der Waals surface area (Å²) < 4.78 is 10.6. The predicted molar refractivity (Wildman–Crippen MR) is 60.8 cm³/mol. The Kier molecular flexibility index (Phi) is 5.67. The molecule has 0 amide bonds. The molecule has 0 aliphatic rings. The maximum Gasteiger partial charge on any atom is 0.122 e. The summed E-state index contributed by atoms with van der Waals surface area (Å²) in [6.07, 6.45) is 0.542. The first kappa shape index (κ1) is 12.8. The maximum atomic E-state index is 9.02. The SMILES string of the molecule is COc1cccc(OCC(CO)CCO)c1. The Morgan fingerprint density at radius 3 is 2.62 bits per heavy atom. The highest BCUT2D eigenvalue weighted by Gasteiger charge is 2.07. The van der Waals surface area contributed by atoms with E-state index in [4.69, 9.17) is 19.7 Å². The van der Waals surface area contributed by atoms with E-state index in [1.165, 1.54) is 0 Å². The van der Waals surface area contributed by atoms with Gasteiger partial charge in [0.1, 0.15) is 11.5 Å². The van der Waals surface area contributed by atoms with Gasteiger partial charge in [-0.15, -0.1) is 0 Å². The fourth-order valence-electron chi connectivity index (χ4n) is 1.31. The molecule has 1 aromatic rings. The van der Waals surface area contributed by atoms with E-state index in [2.05, 4.69) is 0 Å². The van der Waals surface area contributed by atoms with E-state index >= 15 is 0 Å². The van der Waals surface area contributed by atoms with E-state index < -0.39 is 0 Å². The van der Waals surface area contributed by atoms with Crippen LogP contribution in [-0.2, 0) is 0 Å². The van der Waals surface area contributed by atoms with Crippen LogP contribution < -0.4 is 9.47 Å². The molecule has 1 rings (SSSR count). The second kappa shape index (κ2) is 7.09. The van der Waals surface area contributed by atoms with Gasteiger partial charge in [0.25, 0.3) is 0 Å². The minimum atomic E-state index is -0.0313. The molecule has 0 heterocycles. The summed E-state index contributed by atoms with van der Waals surface area (Å²) in [6, 6.07) is 7.29. The molecule has 2 N–H and O–H groups in total. The van der Waals surface area contributed by atoms with Gasteiger partial charge in [0.15, 0.2) is 0 Å². The highest BCUT2D eigenvalue weighted by Crippen LogP contribution is 2.19. The molecule has 0 aliphatic heterocycles. The van der Waals surface area contributed by atoms with Crippen molar-refractivity contribution in [2.24, 2.45) is 5.92 Å². The van der Waals surface area contributed by atoms with E-state index in [1.54, 1.807) is 13.2 Å². The van der Waals surface area contributed by atoms with Crippen molar-refractivity contribution >= 4 is 0 Å². The van der Waals surface area contributed by atoms with Crippen molar-refractivity contribution in [1.82, 2.24) is 0 Å². The van der Waals surface area contributed by atoms with Crippen LogP contribution in [0, 0.1) is 5.92 Å². The minimum absolute atomic E-state index is 0.0184. The molecule has 0 aromatic heterocycles. The molecule has 1 aromatic carbocycles. The van der Waals surface area contributed by atoms with Gasteiger partial charge in [-0.25, -0.2) is 0 Å². The lowest BCUT2D eigenvalue weighted by molar-refractivity contribution is 0.134. The van der Waals surface area contributed by atoms with Crippen LogP contribution in [0.4, 0.5) is 0 Å². The lowest BCUT2D eigenvalue weighted by atomic mass is 10.1. The zero-order chi connectivity index (χ0) is 11.8. The fraction of sp³-hybridized carbons (Fsp3) is 0.500. The highest BCUT2D eigenvalue weighted by molar-refractivity contribution is 5.32. The van der Waals surface area contributed by atoms with E-state index in [1.807, 2.05) is 18.2 Å². The summed E-state index contributed by atoms with van der Waals surface area (Å²) in [5.41, 5.74) is 0. The van der Waals surface area contributed by atoms with Gasteiger partial charge in [0.05, 0.1) is 13.7 Å². The van der Waals surface area contributed by atoms with Gasteiger partial charge in [0.2, 0.25) is 0 Å². The van der Waals surface area contributed by atoms with Gasteiger partial charge >= 0.3 is 0 Å². The Hall–Kier alpha value is -1.26. The molecular weight excluding hydrogens is 208 g/mol. The molecule has 0 bridgehead atoms. The lowest BCUT2D eigenvalue weighted by Crippen LogP contribution is -2.17. The third kappa shape index (κ3) is 4.08. The number of rotatable bonds is 7. The first-order valence-corrected chi connectivity index (χ1v) is 5.28. The van der Waals surface area contributed by atoms with Gasteiger partial charge in [-0.3, -0.25) is 0 Å². The van der Waals surface area contributed by atoms with Crippen molar-refractivity contribution in [2.45, 2.75) is 6.42 Å². The summed E-state index contributed by atoms with van der Waals surface area (Å²) in [6.45, 7) is 0.474. The Bertz CT molecular complexity index is 301. The largest absolute Gasteiger partial charge is 0.497 e. The number of ether oxygens (including phenoxy) is 2. The standard InChI is InChI=1S/C12H18O4/c1-15-11-3-2-4-12(7-11)16-9-10(8-14)5-6-13/h2-4,7,10,13-14H,5-6,8-9H2,1H3. The second-order valence-electron chi connectivity index (χ2n) is 3.55. The molecule has 0 spiro atoms. The zero-order valence-electron chi connectivity index (χ0n) is 9.43. The van der Waals surface area contributed by atoms with Crippen LogP contribution >= 0.6 is 0 Å². The van der Waals surface area contributed by atoms with Crippen molar-refractivity contribution in [3.63, 3.8) is 0 Å². The molecule has 0 saturated carbocycles. The number of hydrogen-bond donors (Lipinski definition) is 2. The third-order valence-corrected chi connectivity index (χ3v) is 2.32. The van der Waals surface area contributed by atoms with Crippen LogP contribution in [0.25, 0.3) is 0 Å². The van der Waals surface area contributed by atoms with Crippen LogP contribution in [0.15, 0.2) is 24.3 Å². The Morgan fingerprint density at radius 1 is 1.25 bits per heavy atom. The third-order valence-electron chi connectivity index (χ3n) is 2.32. The first-order valence-electron chi connectivity index (χ1n) is 5.28. The molecule has 1 unspecified atom stereocenters. The van der Waals surface area contributed by atoms with Gasteiger partial charge in [-0.1, -0.05) is 6.07 Å². The van der Waals surface area contributed by atoms with Crippen LogP contribution in [-0.4, -0.2) is 37.1 Å². The number of methoxy groups -OCH3 is 1. The summed E-state index contributed by atoms with van der Waals surface area (Å²) >= 11 is 0. The number of aliphatic hydroxyl groups excluding tert-OH is 2. The van der Waals surface area contributed by atoms with E-state index in [-0.39, 0.29) is 19.1 Å². The Labute approximate surface area is 95.4 Å². The molecule has 16 heavy (non-hydrogen) atoms. The van der Waals surface area contributed by atoms with Crippen molar-refractivity contribution in [3.05, 3.63) is 24.3 Å². The Balaban J connectivity index is 2.46. The van der Waals surface area contributed by atoms with Crippen LogP contribution in [0.2, 0.25) is 0 Å². The van der Waals surface area contributed by atoms with Crippen molar-refractivity contribution in [1.29, 1.82) is 0 Å². The van der Waals surface area contributed by atoms with Crippen LogP contribution in [0.1, 0.15) is 6.42 Å². The van der Waals surface area contributed by atoms with Crippen molar-refractivity contribution in [2.75, 3.05) is 26.9 Å². The van der Waals surface area contributed by atoms with Gasteiger partial charge in [-0.05, 0) is 18.6 Å². The van der Waals surface area contributed by atoms with E-state index in [0.717, 1.165) is 5.75 Å². The van der Waals surface area contributed by atoms with Crippen molar-refractivity contribution < 1.29 is 19.7 Å². The molecule has 0 fully saturated rings. The summed E-state index contributed by atoms with van der Waals surface area (Å²) in [4.78, 5) is 0. The number of aliphatic hydroxyl groups is 2. The smallest absolute Gasteiger partial charge is 0.122 e. The molecule has 0 aliphatic carbocycles. The molecule has 0 saturated heterocycles. The topological polar surface area (TPSA) is 58.9 Å². The summed E-state index contributed by atoms with van der Waals surface area (Å²) in [5.74, 6) is 1.41. The quantitative estimate of drug-likeness (QED) is 0.730. The molecule has 1 atom stereocenters.